The summed E-state index contributed by atoms with van der Waals surface area (Å²) in [6.07, 6.45) is 4.94. The lowest BCUT2D eigenvalue weighted by Crippen LogP contribution is -2.49. The monoisotopic (exact) mass is 305 g/mol. The van der Waals surface area contributed by atoms with Crippen LogP contribution >= 0.6 is 11.3 Å². The van der Waals surface area contributed by atoms with Crippen LogP contribution < -0.4 is 5.32 Å². The molecule has 6 heteroatoms. The molecule has 112 valence electrons. The third-order valence-electron chi connectivity index (χ3n) is 4.33. The molecule has 0 aromatic carbocycles. The number of hydrogen-bond acceptors (Lipinski definition) is 4. The van der Waals surface area contributed by atoms with Gasteiger partial charge in [-0.2, -0.15) is 5.10 Å². The van der Waals surface area contributed by atoms with E-state index in [4.69, 9.17) is 0 Å². The molecule has 0 atom stereocenters. The zero-order valence-corrected chi connectivity index (χ0v) is 13.1. The Bertz CT molecular complexity index is 600. The summed E-state index contributed by atoms with van der Waals surface area (Å²) in [4.78, 5) is 26.7. The molecule has 5 nitrogen and oxygen atoms in total. The number of amides is 3. The van der Waals surface area contributed by atoms with E-state index < -0.39 is 11.6 Å². The lowest BCUT2D eigenvalue weighted by molar-refractivity contribution is -0.132. The minimum atomic E-state index is -0.716. The van der Waals surface area contributed by atoms with Gasteiger partial charge in [-0.15, -0.1) is 16.3 Å². The van der Waals surface area contributed by atoms with Gasteiger partial charge < -0.3 is 5.32 Å². The minimum Gasteiger partial charge on any atom is -0.321 e. The predicted octanol–water partition coefficient (Wildman–Crippen LogP) is 2.89. The number of thiophene rings is 1. The van der Waals surface area contributed by atoms with E-state index in [2.05, 4.69) is 17.3 Å². The van der Waals surface area contributed by atoms with Crippen LogP contribution in [0.3, 0.4) is 0 Å². The molecule has 1 saturated heterocycles. The number of nitrogens with zero attached hydrogens (tertiary/aromatic N) is 2. The molecule has 1 spiro atoms. The summed E-state index contributed by atoms with van der Waals surface area (Å²) in [5.74, 6) is 0.413. The molecule has 0 radical (unpaired) electrons. The molecule has 1 N–H and O–H groups in total. The van der Waals surface area contributed by atoms with E-state index in [9.17, 15) is 9.59 Å². The van der Waals surface area contributed by atoms with Crippen LogP contribution in [-0.2, 0) is 4.79 Å². The number of hydrogen-bond donors (Lipinski definition) is 1. The third-order valence-corrected chi connectivity index (χ3v) is 5.27. The fourth-order valence-electron chi connectivity index (χ4n) is 2.94. The first-order chi connectivity index (χ1) is 10.00. The van der Waals surface area contributed by atoms with Crippen molar-refractivity contribution in [2.75, 3.05) is 0 Å². The number of carbonyl (C=O) groups excluding carboxylic acids is 2. The van der Waals surface area contributed by atoms with Crippen LogP contribution in [0.1, 0.15) is 42.4 Å². The van der Waals surface area contributed by atoms with Crippen LogP contribution in [0.25, 0.3) is 0 Å². The Kier molecular flexibility index (Phi) is 3.57. The molecule has 2 aliphatic rings. The number of urea groups is 1. The molecular weight excluding hydrogens is 286 g/mol. The summed E-state index contributed by atoms with van der Waals surface area (Å²) in [5, 5.41) is 7.94. The second-order valence-corrected chi connectivity index (χ2v) is 7.32. The van der Waals surface area contributed by atoms with Crippen molar-refractivity contribution in [3.05, 3.63) is 21.9 Å². The molecule has 3 rings (SSSR count). The van der Waals surface area contributed by atoms with Crippen molar-refractivity contribution in [2.24, 2.45) is 11.0 Å². The van der Waals surface area contributed by atoms with E-state index >= 15 is 0 Å². The quantitative estimate of drug-likeness (QED) is 0.674. The van der Waals surface area contributed by atoms with E-state index in [0.29, 0.717) is 18.8 Å². The van der Waals surface area contributed by atoms with Crippen LogP contribution in [0.5, 0.6) is 0 Å². The maximum atomic E-state index is 12.6. The van der Waals surface area contributed by atoms with Crippen molar-refractivity contribution < 1.29 is 9.59 Å². The highest BCUT2D eigenvalue weighted by Gasteiger charge is 2.52. The zero-order valence-electron chi connectivity index (χ0n) is 12.3. The number of hydrazone groups is 1. The average Bonchev–Trinajstić information content (AvgIpc) is 2.96. The van der Waals surface area contributed by atoms with Gasteiger partial charge >= 0.3 is 6.03 Å². The van der Waals surface area contributed by atoms with Crippen molar-refractivity contribution in [2.45, 2.75) is 45.1 Å². The molecule has 1 aromatic rings. The molecule has 1 aliphatic heterocycles. The number of carbonyl (C=O) groups is 2. The Morgan fingerprint density at radius 3 is 2.71 bits per heavy atom. The first-order valence-electron chi connectivity index (χ1n) is 7.27. The van der Waals surface area contributed by atoms with Crippen LogP contribution in [-0.4, -0.2) is 28.7 Å². The normalized spacial score (nSPS) is 29.6. The zero-order chi connectivity index (χ0) is 15.0. The van der Waals surface area contributed by atoms with E-state index in [-0.39, 0.29) is 5.91 Å². The second kappa shape index (κ2) is 5.26. The van der Waals surface area contributed by atoms with Gasteiger partial charge in [-0.05, 0) is 50.7 Å². The van der Waals surface area contributed by atoms with E-state index in [1.807, 2.05) is 19.1 Å². The van der Waals surface area contributed by atoms with Gasteiger partial charge in [0.1, 0.15) is 5.54 Å². The predicted molar refractivity (Wildman–Crippen MR) is 82.4 cm³/mol. The van der Waals surface area contributed by atoms with Gasteiger partial charge in [0.2, 0.25) is 0 Å². The fourth-order valence-corrected chi connectivity index (χ4v) is 3.69. The van der Waals surface area contributed by atoms with Gasteiger partial charge in [0.05, 0.1) is 6.21 Å². The summed E-state index contributed by atoms with van der Waals surface area (Å²) in [5.41, 5.74) is -0.716. The molecule has 21 heavy (non-hydrogen) atoms. The van der Waals surface area contributed by atoms with Crippen molar-refractivity contribution >= 4 is 29.5 Å². The SMILES string of the molecule is Cc1ccc(C=NN2C(=O)NC3(CCC(C)CC3)C2=O)s1. The van der Waals surface area contributed by atoms with Gasteiger partial charge in [-0.25, -0.2) is 4.79 Å². The summed E-state index contributed by atoms with van der Waals surface area (Å²) < 4.78 is 0. The Balaban J connectivity index is 1.76. The Hall–Kier alpha value is -1.69. The number of aryl methyl sites for hydroxylation is 1. The summed E-state index contributed by atoms with van der Waals surface area (Å²) in [6, 6.07) is 3.51. The lowest BCUT2D eigenvalue weighted by atomic mass is 9.77. The molecular formula is C15H19N3O2S. The number of nitrogens with one attached hydrogen (secondary N) is 1. The molecule has 1 aromatic heterocycles. The highest BCUT2D eigenvalue weighted by atomic mass is 32.1. The second-order valence-electron chi connectivity index (χ2n) is 6.00. The van der Waals surface area contributed by atoms with Gasteiger partial charge in [-0.1, -0.05) is 6.92 Å². The molecule has 1 saturated carbocycles. The largest absolute Gasteiger partial charge is 0.346 e. The van der Waals surface area contributed by atoms with Crippen LogP contribution in [0.4, 0.5) is 4.79 Å². The molecule has 0 unspecified atom stereocenters. The van der Waals surface area contributed by atoms with E-state index in [1.54, 1.807) is 17.6 Å². The first kappa shape index (κ1) is 14.3. The smallest absolute Gasteiger partial charge is 0.321 e. The highest BCUT2D eigenvalue weighted by molar-refractivity contribution is 7.13. The molecule has 3 amide bonds. The Labute approximate surface area is 128 Å². The van der Waals surface area contributed by atoms with Crippen molar-refractivity contribution in [3.8, 4) is 0 Å². The third kappa shape index (κ3) is 2.60. The average molecular weight is 305 g/mol. The number of rotatable bonds is 2. The van der Waals surface area contributed by atoms with Gasteiger partial charge in [-0.3, -0.25) is 4.79 Å². The van der Waals surface area contributed by atoms with Crippen LogP contribution in [0.2, 0.25) is 0 Å². The maximum Gasteiger partial charge on any atom is 0.346 e. The standard InChI is InChI=1S/C15H19N3O2S/c1-10-5-7-15(8-6-10)13(19)18(14(20)17-15)16-9-12-4-3-11(2)21-12/h3-4,9-10H,5-8H2,1-2H3,(H,17,20). The van der Waals surface area contributed by atoms with Crippen molar-refractivity contribution in [1.82, 2.24) is 10.3 Å². The van der Waals surface area contributed by atoms with Crippen LogP contribution in [0.15, 0.2) is 17.2 Å². The summed E-state index contributed by atoms with van der Waals surface area (Å²) in [7, 11) is 0. The summed E-state index contributed by atoms with van der Waals surface area (Å²) >= 11 is 1.58. The van der Waals surface area contributed by atoms with Crippen molar-refractivity contribution in [1.29, 1.82) is 0 Å². The lowest BCUT2D eigenvalue weighted by Gasteiger charge is -2.33. The Morgan fingerprint density at radius 1 is 1.38 bits per heavy atom. The minimum absolute atomic E-state index is 0.205. The van der Waals surface area contributed by atoms with Crippen molar-refractivity contribution in [3.63, 3.8) is 0 Å². The number of imide groups is 1. The highest BCUT2D eigenvalue weighted by Crippen LogP contribution is 2.36. The first-order valence-corrected chi connectivity index (χ1v) is 8.09. The summed E-state index contributed by atoms with van der Waals surface area (Å²) in [6.45, 7) is 4.19. The van der Waals surface area contributed by atoms with Gasteiger partial charge in [0, 0.05) is 9.75 Å². The fraction of sp³-hybridized carbons (Fsp3) is 0.533. The molecule has 2 heterocycles. The van der Waals surface area contributed by atoms with Gasteiger partial charge in [0.15, 0.2) is 0 Å². The molecule has 1 aliphatic carbocycles. The Morgan fingerprint density at radius 2 is 2.10 bits per heavy atom. The molecule has 0 bridgehead atoms. The van der Waals surface area contributed by atoms with E-state index in [1.165, 1.54) is 4.88 Å². The topological polar surface area (TPSA) is 61.8 Å². The molecule has 2 fully saturated rings. The van der Waals surface area contributed by atoms with Gasteiger partial charge in [0.25, 0.3) is 5.91 Å². The maximum absolute atomic E-state index is 12.6. The van der Waals surface area contributed by atoms with E-state index in [0.717, 1.165) is 22.7 Å². The van der Waals surface area contributed by atoms with Crippen LogP contribution in [0, 0.1) is 12.8 Å².